The summed E-state index contributed by atoms with van der Waals surface area (Å²) in [6.07, 6.45) is 0. The predicted octanol–water partition coefficient (Wildman–Crippen LogP) is 3.33. The summed E-state index contributed by atoms with van der Waals surface area (Å²) in [5, 5.41) is 2.84. The molecule has 0 aromatic heterocycles. The number of benzene rings is 2. The van der Waals surface area contributed by atoms with E-state index in [1.165, 1.54) is 20.3 Å². The van der Waals surface area contributed by atoms with Gasteiger partial charge < -0.3 is 24.0 Å². The lowest BCUT2D eigenvalue weighted by Crippen LogP contribution is -2.55. The molecule has 0 radical (unpaired) electrons. The van der Waals surface area contributed by atoms with Gasteiger partial charge in [-0.1, -0.05) is 30.3 Å². The Kier molecular flexibility index (Phi) is 9.42. The molecule has 1 N–H and O–H groups in total. The van der Waals surface area contributed by atoms with Crippen molar-refractivity contribution in [1.29, 1.82) is 0 Å². The van der Waals surface area contributed by atoms with Crippen LogP contribution in [0.5, 0.6) is 5.75 Å². The van der Waals surface area contributed by atoms with Crippen LogP contribution in [0, 0.1) is 6.92 Å². The molecule has 0 bridgehead atoms. The van der Waals surface area contributed by atoms with E-state index in [0.29, 0.717) is 30.1 Å². The van der Waals surface area contributed by atoms with Gasteiger partial charge in [-0.15, -0.1) is 0 Å². The second kappa shape index (κ2) is 12.0. The zero-order valence-corrected chi connectivity index (χ0v) is 20.0. The molecule has 1 amide bonds. The fourth-order valence-electron chi connectivity index (χ4n) is 3.58. The van der Waals surface area contributed by atoms with E-state index < -0.39 is 5.97 Å². The number of methoxy groups -OCH3 is 2. The van der Waals surface area contributed by atoms with Crippen molar-refractivity contribution in [2.24, 2.45) is 0 Å². The number of rotatable bonds is 11. The monoisotopic (exact) mass is 457 g/mol. The normalized spacial score (nSPS) is 10.9. The molecule has 0 heterocycles. The Morgan fingerprint density at radius 2 is 1.64 bits per heavy atom. The number of esters is 2. The molecular formula is C25H33N2O6+. The molecule has 0 saturated heterocycles. The molecule has 0 spiro atoms. The molecule has 2 aromatic carbocycles. The average molecular weight is 458 g/mol. The molecular weight excluding hydrogens is 424 g/mol. The van der Waals surface area contributed by atoms with Crippen LogP contribution in [0.25, 0.3) is 0 Å². The van der Waals surface area contributed by atoms with Crippen LogP contribution in [-0.2, 0) is 25.7 Å². The summed E-state index contributed by atoms with van der Waals surface area (Å²) in [7, 11) is 2.78. The fourth-order valence-corrected chi connectivity index (χ4v) is 3.58. The Labute approximate surface area is 195 Å². The lowest BCUT2D eigenvalue weighted by atomic mass is 10.1. The van der Waals surface area contributed by atoms with Crippen molar-refractivity contribution in [2.75, 3.05) is 45.7 Å². The molecule has 0 saturated carbocycles. The average Bonchev–Trinajstić information content (AvgIpc) is 2.83. The summed E-state index contributed by atoms with van der Waals surface area (Å²) in [6, 6.07) is 12.7. The number of anilines is 1. The Bertz CT molecular complexity index is 970. The third-order valence-electron chi connectivity index (χ3n) is 5.74. The first-order chi connectivity index (χ1) is 15.8. The predicted molar refractivity (Wildman–Crippen MR) is 125 cm³/mol. The van der Waals surface area contributed by atoms with Gasteiger partial charge in [-0.05, 0) is 44.0 Å². The summed E-state index contributed by atoms with van der Waals surface area (Å²) in [4.78, 5) is 37.8. The number of carbonyl (C=O) groups excluding carboxylic acids is 3. The standard InChI is InChI=1S/C25H32N2O6/c1-6-27(7-2,16-23(29)33-17-19-11-9-8-10-12-19)15-22(28)26-24-18(3)13-20(31-4)14-21(24)25(30)32-5/h8-14H,6-7,15-17H2,1-5H3/p+1. The van der Waals surface area contributed by atoms with Crippen LogP contribution in [0.4, 0.5) is 5.69 Å². The third-order valence-corrected chi connectivity index (χ3v) is 5.74. The van der Waals surface area contributed by atoms with Gasteiger partial charge in [0.2, 0.25) is 0 Å². The summed E-state index contributed by atoms with van der Waals surface area (Å²) >= 11 is 0. The second-order valence-corrected chi connectivity index (χ2v) is 7.84. The van der Waals surface area contributed by atoms with Crippen molar-refractivity contribution in [3.8, 4) is 5.75 Å². The highest BCUT2D eigenvalue weighted by atomic mass is 16.5. The van der Waals surface area contributed by atoms with Gasteiger partial charge in [0.15, 0.2) is 13.1 Å². The van der Waals surface area contributed by atoms with Gasteiger partial charge >= 0.3 is 11.9 Å². The molecule has 178 valence electrons. The SMILES string of the molecule is CC[N+](CC)(CC(=O)Nc1c(C)cc(OC)cc1C(=O)OC)CC(=O)OCc1ccccc1. The Balaban J connectivity index is 2.13. The molecule has 8 heteroatoms. The molecule has 33 heavy (non-hydrogen) atoms. The number of likely N-dealkylation sites (N-methyl/N-ethyl adjacent to an activating group) is 1. The number of hydrogen-bond donors (Lipinski definition) is 1. The number of aryl methyl sites for hydroxylation is 1. The molecule has 2 rings (SSSR count). The van der Waals surface area contributed by atoms with E-state index in [-0.39, 0.29) is 41.6 Å². The largest absolute Gasteiger partial charge is 0.497 e. The quantitative estimate of drug-likeness (QED) is 0.411. The van der Waals surface area contributed by atoms with Crippen LogP contribution in [-0.4, -0.2) is 62.7 Å². The van der Waals surface area contributed by atoms with E-state index in [1.54, 1.807) is 13.0 Å². The molecule has 0 fully saturated rings. The van der Waals surface area contributed by atoms with Gasteiger partial charge in [-0.25, -0.2) is 9.59 Å². The molecule has 0 aliphatic rings. The smallest absolute Gasteiger partial charge is 0.362 e. The van der Waals surface area contributed by atoms with Gasteiger partial charge in [0.25, 0.3) is 5.91 Å². The lowest BCUT2D eigenvalue weighted by Gasteiger charge is -2.35. The van der Waals surface area contributed by atoms with Crippen molar-refractivity contribution in [3.05, 3.63) is 59.2 Å². The molecule has 8 nitrogen and oxygen atoms in total. The van der Waals surface area contributed by atoms with Crippen molar-refractivity contribution in [3.63, 3.8) is 0 Å². The summed E-state index contributed by atoms with van der Waals surface area (Å²) in [6.45, 7) is 7.07. The fraction of sp³-hybridized carbons (Fsp3) is 0.400. The number of quaternary nitrogens is 1. The Morgan fingerprint density at radius 3 is 2.21 bits per heavy atom. The van der Waals surface area contributed by atoms with E-state index in [2.05, 4.69) is 5.32 Å². The maximum absolute atomic E-state index is 13.0. The summed E-state index contributed by atoms with van der Waals surface area (Å²) in [5.74, 6) is -0.776. The van der Waals surface area contributed by atoms with Crippen LogP contribution in [0.3, 0.4) is 0 Å². The minimum absolute atomic E-state index is 0.0551. The van der Waals surface area contributed by atoms with Crippen molar-refractivity contribution in [2.45, 2.75) is 27.4 Å². The summed E-state index contributed by atoms with van der Waals surface area (Å²) < 4.78 is 15.8. The van der Waals surface area contributed by atoms with E-state index in [0.717, 1.165) is 5.56 Å². The molecule has 0 unspecified atom stereocenters. The van der Waals surface area contributed by atoms with Crippen LogP contribution in [0.15, 0.2) is 42.5 Å². The minimum Gasteiger partial charge on any atom is -0.497 e. The first kappa shape index (κ1) is 25.9. The van der Waals surface area contributed by atoms with E-state index in [9.17, 15) is 14.4 Å². The Morgan fingerprint density at radius 1 is 0.970 bits per heavy atom. The van der Waals surface area contributed by atoms with Crippen molar-refractivity contribution >= 4 is 23.5 Å². The zero-order valence-electron chi connectivity index (χ0n) is 20.0. The number of nitrogens with one attached hydrogen (secondary N) is 1. The van der Waals surface area contributed by atoms with Gasteiger partial charge in [0.1, 0.15) is 12.4 Å². The second-order valence-electron chi connectivity index (χ2n) is 7.84. The van der Waals surface area contributed by atoms with E-state index in [1.807, 2.05) is 44.2 Å². The molecule has 2 aromatic rings. The van der Waals surface area contributed by atoms with Gasteiger partial charge in [-0.2, -0.15) is 0 Å². The van der Waals surface area contributed by atoms with Crippen LogP contribution in [0.1, 0.15) is 35.3 Å². The maximum Gasteiger partial charge on any atom is 0.362 e. The lowest BCUT2D eigenvalue weighted by molar-refractivity contribution is -0.910. The van der Waals surface area contributed by atoms with Gasteiger partial charge in [0.05, 0.1) is 38.6 Å². The van der Waals surface area contributed by atoms with Crippen LogP contribution in [0.2, 0.25) is 0 Å². The maximum atomic E-state index is 13.0. The van der Waals surface area contributed by atoms with Crippen LogP contribution < -0.4 is 10.1 Å². The molecule has 0 aliphatic heterocycles. The highest BCUT2D eigenvalue weighted by Gasteiger charge is 2.31. The number of hydrogen-bond acceptors (Lipinski definition) is 6. The Hall–Kier alpha value is -3.39. The molecule has 0 atom stereocenters. The molecule has 0 aliphatic carbocycles. The van der Waals surface area contributed by atoms with Crippen molar-refractivity contribution < 1.29 is 33.1 Å². The minimum atomic E-state index is -0.580. The number of amides is 1. The zero-order chi connectivity index (χ0) is 24.4. The summed E-state index contributed by atoms with van der Waals surface area (Å²) in [5.41, 5.74) is 2.14. The van der Waals surface area contributed by atoms with Gasteiger partial charge in [0, 0.05) is 0 Å². The number of nitrogens with zero attached hydrogens (tertiary/aromatic N) is 1. The number of carbonyl (C=O) groups is 3. The van der Waals surface area contributed by atoms with Crippen LogP contribution >= 0.6 is 0 Å². The topological polar surface area (TPSA) is 90.9 Å². The van der Waals surface area contributed by atoms with E-state index in [4.69, 9.17) is 14.2 Å². The highest BCUT2D eigenvalue weighted by molar-refractivity contribution is 6.03. The third kappa shape index (κ3) is 7.05. The van der Waals surface area contributed by atoms with Gasteiger partial charge in [-0.3, -0.25) is 4.79 Å². The highest BCUT2D eigenvalue weighted by Crippen LogP contribution is 2.28. The first-order valence-corrected chi connectivity index (χ1v) is 10.9. The number of ether oxygens (including phenoxy) is 3. The van der Waals surface area contributed by atoms with E-state index >= 15 is 0 Å². The first-order valence-electron chi connectivity index (χ1n) is 10.9. The van der Waals surface area contributed by atoms with Crippen molar-refractivity contribution in [1.82, 2.24) is 0 Å².